The Balaban J connectivity index is 2.16. The maximum atomic E-state index is 13.3. The van der Waals surface area contributed by atoms with Crippen molar-refractivity contribution in [2.75, 3.05) is 5.75 Å². The fourth-order valence-electron chi connectivity index (χ4n) is 3.52. The number of carboxylic acid groups (broad SMARTS) is 1. The highest BCUT2D eigenvalue weighted by molar-refractivity contribution is 7.80. The van der Waals surface area contributed by atoms with E-state index in [1.807, 2.05) is 13.8 Å². The van der Waals surface area contributed by atoms with Gasteiger partial charge in [0.1, 0.15) is 23.9 Å². The number of aromatic nitrogens is 2. The maximum Gasteiger partial charge on any atom is 0.327 e. The molecule has 0 aliphatic rings. The zero-order valence-electron chi connectivity index (χ0n) is 20.7. The summed E-state index contributed by atoms with van der Waals surface area (Å²) >= 11 is 3.95. The summed E-state index contributed by atoms with van der Waals surface area (Å²) in [5.74, 6) is -3.18. The number of rotatable bonds is 14. The van der Waals surface area contributed by atoms with Crippen molar-refractivity contribution in [3.63, 3.8) is 0 Å². The van der Waals surface area contributed by atoms with Gasteiger partial charge < -0.3 is 36.9 Å². The Morgan fingerprint density at radius 2 is 1.57 bits per heavy atom. The predicted molar refractivity (Wildman–Crippen MR) is 139 cm³/mol. The van der Waals surface area contributed by atoms with Crippen molar-refractivity contribution in [1.29, 1.82) is 0 Å². The first-order valence-corrected chi connectivity index (χ1v) is 12.4. The molecule has 37 heavy (non-hydrogen) atoms. The van der Waals surface area contributed by atoms with E-state index in [9.17, 15) is 29.4 Å². The van der Waals surface area contributed by atoms with Crippen LogP contribution in [0.25, 0.3) is 0 Å². The first kappa shape index (κ1) is 29.6. The van der Waals surface area contributed by atoms with Crippen molar-refractivity contribution in [3.8, 4) is 5.75 Å². The van der Waals surface area contributed by atoms with E-state index in [-0.39, 0.29) is 36.7 Å². The SMILES string of the molecule is CC(C)CC(NC(=O)C(Cc1cnc[nH]1)NC(=O)C(N)Cc1ccc(O)cc1)C(=O)NC(CS)C(=O)O. The van der Waals surface area contributed by atoms with E-state index in [0.717, 1.165) is 5.56 Å². The fourth-order valence-corrected chi connectivity index (χ4v) is 3.76. The number of carbonyl (C=O) groups excluding carboxylic acids is 3. The Morgan fingerprint density at radius 1 is 0.973 bits per heavy atom. The van der Waals surface area contributed by atoms with Crippen LogP contribution in [-0.2, 0) is 32.0 Å². The molecule has 4 unspecified atom stereocenters. The van der Waals surface area contributed by atoms with Crippen LogP contribution in [-0.4, -0.2) is 73.8 Å². The van der Waals surface area contributed by atoms with E-state index in [1.54, 1.807) is 12.1 Å². The first-order valence-electron chi connectivity index (χ1n) is 11.8. The van der Waals surface area contributed by atoms with Crippen LogP contribution in [0.3, 0.4) is 0 Å². The summed E-state index contributed by atoms with van der Waals surface area (Å²) in [5, 5.41) is 26.3. The molecule has 0 radical (unpaired) electrons. The molecule has 8 N–H and O–H groups in total. The number of phenols is 1. The summed E-state index contributed by atoms with van der Waals surface area (Å²) < 4.78 is 0. The van der Waals surface area contributed by atoms with E-state index in [1.165, 1.54) is 24.7 Å². The second kappa shape index (κ2) is 14.2. The van der Waals surface area contributed by atoms with Crippen LogP contribution in [0.5, 0.6) is 5.75 Å². The number of imidazole rings is 1. The number of carboxylic acids is 1. The number of amides is 3. The molecule has 3 amide bonds. The highest BCUT2D eigenvalue weighted by atomic mass is 32.1. The summed E-state index contributed by atoms with van der Waals surface area (Å²) in [6.45, 7) is 3.71. The minimum atomic E-state index is -1.25. The van der Waals surface area contributed by atoms with Gasteiger partial charge in [-0.05, 0) is 36.5 Å². The largest absolute Gasteiger partial charge is 0.508 e. The lowest BCUT2D eigenvalue weighted by Crippen LogP contribution is -2.58. The Hall–Kier alpha value is -3.58. The first-order chi connectivity index (χ1) is 17.5. The number of thiol groups is 1. The van der Waals surface area contributed by atoms with Gasteiger partial charge in [-0.2, -0.15) is 12.6 Å². The molecule has 202 valence electrons. The minimum absolute atomic E-state index is 0.00490. The van der Waals surface area contributed by atoms with Gasteiger partial charge >= 0.3 is 5.97 Å². The maximum absolute atomic E-state index is 13.3. The third kappa shape index (κ3) is 9.77. The van der Waals surface area contributed by atoms with E-state index in [2.05, 4.69) is 38.5 Å². The van der Waals surface area contributed by atoms with Crippen molar-refractivity contribution < 1.29 is 29.4 Å². The number of nitrogens with two attached hydrogens (primary N) is 1. The zero-order valence-corrected chi connectivity index (χ0v) is 21.6. The van der Waals surface area contributed by atoms with E-state index in [4.69, 9.17) is 5.73 Å². The molecule has 2 aromatic rings. The number of hydrogen-bond acceptors (Lipinski definition) is 8. The predicted octanol–water partition coefficient (Wildman–Crippen LogP) is -0.257. The van der Waals surface area contributed by atoms with Crippen molar-refractivity contribution in [1.82, 2.24) is 25.9 Å². The van der Waals surface area contributed by atoms with Gasteiger partial charge in [0.05, 0.1) is 12.4 Å². The molecule has 1 heterocycles. The Kier molecular flexibility index (Phi) is 11.4. The average Bonchev–Trinajstić information content (AvgIpc) is 3.35. The normalized spacial score (nSPS) is 14.3. The van der Waals surface area contributed by atoms with Crippen molar-refractivity contribution in [2.24, 2.45) is 11.7 Å². The van der Waals surface area contributed by atoms with Gasteiger partial charge in [-0.1, -0.05) is 26.0 Å². The molecule has 2 rings (SSSR count). The number of phenolic OH excluding ortho intramolecular Hbond substituents is 1. The van der Waals surface area contributed by atoms with Crippen LogP contribution in [0.15, 0.2) is 36.8 Å². The van der Waals surface area contributed by atoms with Crippen LogP contribution in [0, 0.1) is 5.92 Å². The van der Waals surface area contributed by atoms with E-state index >= 15 is 0 Å². The van der Waals surface area contributed by atoms with Crippen molar-refractivity contribution in [3.05, 3.63) is 48.0 Å². The molecule has 0 aliphatic carbocycles. The van der Waals surface area contributed by atoms with E-state index < -0.39 is 47.9 Å². The molecule has 0 saturated heterocycles. The van der Waals surface area contributed by atoms with Gasteiger partial charge in [0.15, 0.2) is 0 Å². The van der Waals surface area contributed by atoms with Crippen molar-refractivity contribution >= 4 is 36.3 Å². The fraction of sp³-hybridized carbons (Fsp3) is 0.458. The number of hydrogen-bond donors (Lipinski definition) is 8. The number of benzene rings is 1. The summed E-state index contributed by atoms with van der Waals surface area (Å²) in [5.41, 5.74) is 7.36. The molecule has 13 heteroatoms. The molecule has 0 spiro atoms. The quantitative estimate of drug-likeness (QED) is 0.152. The Bertz CT molecular complexity index is 1050. The number of carbonyl (C=O) groups is 4. The standard InChI is InChI=1S/C24H34N6O6S/c1-13(2)7-18(22(33)30-20(11-37)24(35)36)29-23(34)19(9-15-10-26-12-27-15)28-21(32)17(25)8-14-3-5-16(31)6-4-14/h3-6,10,12-13,17-20,31,37H,7-9,11,25H2,1-2H3,(H,26,27)(H,28,32)(H,29,34)(H,30,33)(H,35,36). The lowest BCUT2D eigenvalue weighted by Gasteiger charge is -2.25. The molecule has 0 saturated carbocycles. The number of aromatic amines is 1. The number of nitrogens with zero attached hydrogens (tertiary/aromatic N) is 1. The number of nitrogens with one attached hydrogen (secondary N) is 4. The molecule has 1 aromatic heterocycles. The van der Waals surface area contributed by atoms with Crippen LogP contribution in [0.1, 0.15) is 31.5 Å². The number of aromatic hydroxyl groups is 1. The molecule has 1 aromatic carbocycles. The minimum Gasteiger partial charge on any atom is -0.508 e. The zero-order chi connectivity index (χ0) is 27.5. The van der Waals surface area contributed by atoms with E-state index in [0.29, 0.717) is 5.69 Å². The highest BCUT2D eigenvalue weighted by Crippen LogP contribution is 2.12. The molecular weight excluding hydrogens is 500 g/mol. The second-order valence-electron chi connectivity index (χ2n) is 9.09. The molecule has 0 aliphatic heterocycles. The topological polar surface area (TPSA) is 200 Å². The van der Waals surface area contributed by atoms with Crippen LogP contribution >= 0.6 is 12.6 Å². The van der Waals surface area contributed by atoms with Crippen LogP contribution in [0.2, 0.25) is 0 Å². The van der Waals surface area contributed by atoms with Crippen LogP contribution in [0.4, 0.5) is 0 Å². The molecule has 0 bridgehead atoms. The lowest BCUT2D eigenvalue weighted by atomic mass is 10.0. The van der Waals surface area contributed by atoms with Gasteiger partial charge in [0.2, 0.25) is 17.7 Å². The van der Waals surface area contributed by atoms with Gasteiger partial charge in [0.25, 0.3) is 0 Å². The number of H-pyrrole nitrogens is 1. The van der Waals surface area contributed by atoms with Gasteiger partial charge in [0, 0.05) is 24.1 Å². The molecular formula is C24H34N6O6S. The molecule has 12 nitrogen and oxygen atoms in total. The molecule has 4 atom stereocenters. The molecule has 0 fully saturated rings. The summed E-state index contributed by atoms with van der Waals surface area (Å²) in [6, 6.07) is 1.91. The summed E-state index contributed by atoms with van der Waals surface area (Å²) in [4.78, 5) is 57.1. The highest BCUT2D eigenvalue weighted by Gasteiger charge is 2.31. The third-order valence-corrected chi connectivity index (χ3v) is 5.84. The number of aliphatic carboxylic acids is 1. The Morgan fingerprint density at radius 3 is 2.11 bits per heavy atom. The smallest absolute Gasteiger partial charge is 0.327 e. The lowest BCUT2D eigenvalue weighted by molar-refractivity contribution is -0.141. The third-order valence-electron chi connectivity index (χ3n) is 5.48. The second-order valence-corrected chi connectivity index (χ2v) is 9.46. The van der Waals surface area contributed by atoms with Gasteiger partial charge in [-0.15, -0.1) is 0 Å². The van der Waals surface area contributed by atoms with Gasteiger partial charge in [-0.25, -0.2) is 9.78 Å². The summed E-state index contributed by atoms with van der Waals surface area (Å²) in [6.07, 6.45) is 3.39. The monoisotopic (exact) mass is 534 g/mol. The summed E-state index contributed by atoms with van der Waals surface area (Å²) in [7, 11) is 0. The van der Waals surface area contributed by atoms with Gasteiger partial charge in [-0.3, -0.25) is 14.4 Å². The van der Waals surface area contributed by atoms with Crippen LogP contribution < -0.4 is 21.7 Å². The average molecular weight is 535 g/mol. The van der Waals surface area contributed by atoms with Crippen molar-refractivity contribution in [2.45, 2.75) is 57.3 Å². The Labute approximate surface area is 220 Å².